The van der Waals surface area contributed by atoms with Crippen molar-refractivity contribution in [3.05, 3.63) is 76.6 Å². The number of hydrogen-bond acceptors (Lipinski definition) is 8. The summed E-state index contributed by atoms with van der Waals surface area (Å²) >= 11 is 8.11. The van der Waals surface area contributed by atoms with Gasteiger partial charge >= 0.3 is 0 Å². The van der Waals surface area contributed by atoms with Gasteiger partial charge in [-0.1, -0.05) is 41.6 Å². The number of para-hydroxylation sites is 1. The fraction of sp³-hybridized carbons (Fsp3) is 0.308. The molecule has 0 bridgehead atoms. The molecule has 2 aromatic carbocycles. The van der Waals surface area contributed by atoms with Gasteiger partial charge in [-0.3, -0.25) is 9.36 Å². The third kappa shape index (κ3) is 4.16. The molecule has 2 saturated heterocycles. The van der Waals surface area contributed by atoms with Crippen molar-refractivity contribution in [2.45, 2.75) is 28.8 Å². The van der Waals surface area contributed by atoms with E-state index in [4.69, 9.17) is 22.1 Å². The van der Waals surface area contributed by atoms with Crippen molar-refractivity contribution in [3.8, 4) is 5.69 Å². The van der Waals surface area contributed by atoms with Crippen molar-refractivity contribution in [3.63, 3.8) is 0 Å². The van der Waals surface area contributed by atoms with Crippen molar-refractivity contribution in [1.29, 1.82) is 0 Å². The van der Waals surface area contributed by atoms with Crippen LogP contribution in [0, 0.1) is 5.41 Å². The van der Waals surface area contributed by atoms with Crippen LogP contribution in [0.2, 0.25) is 5.02 Å². The summed E-state index contributed by atoms with van der Waals surface area (Å²) in [7, 11) is 0. The number of halogens is 1. The van der Waals surface area contributed by atoms with Crippen LogP contribution in [0.1, 0.15) is 12.8 Å². The van der Waals surface area contributed by atoms with Crippen LogP contribution in [0.25, 0.3) is 16.6 Å². The van der Waals surface area contributed by atoms with Gasteiger partial charge < -0.3 is 15.4 Å². The van der Waals surface area contributed by atoms with Gasteiger partial charge in [-0.25, -0.2) is 15.0 Å². The highest BCUT2D eigenvalue weighted by molar-refractivity contribution is 7.99. The maximum atomic E-state index is 13.3. The molecule has 10 heteroatoms. The number of piperidine rings is 1. The smallest absolute Gasteiger partial charge is 0.267 e. The first-order valence-corrected chi connectivity index (χ1v) is 13.1. The van der Waals surface area contributed by atoms with E-state index in [-0.39, 0.29) is 17.0 Å². The molecule has 1 atom stereocenters. The van der Waals surface area contributed by atoms with Crippen LogP contribution >= 0.6 is 23.4 Å². The van der Waals surface area contributed by atoms with Crippen molar-refractivity contribution >= 4 is 40.1 Å². The predicted octanol–water partition coefficient (Wildman–Crippen LogP) is 3.92. The van der Waals surface area contributed by atoms with Crippen molar-refractivity contribution in [2.24, 2.45) is 11.1 Å². The molecule has 4 heterocycles. The van der Waals surface area contributed by atoms with E-state index in [9.17, 15) is 4.79 Å². The highest BCUT2D eigenvalue weighted by Crippen LogP contribution is 2.40. The third-order valence-corrected chi connectivity index (χ3v) is 8.73. The van der Waals surface area contributed by atoms with Crippen LogP contribution < -0.4 is 16.2 Å². The normalized spacial score (nSPS) is 19.3. The summed E-state index contributed by atoms with van der Waals surface area (Å²) < 4.78 is 7.13. The van der Waals surface area contributed by atoms with Gasteiger partial charge in [-0.15, -0.1) is 0 Å². The predicted molar refractivity (Wildman–Crippen MR) is 141 cm³/mol. The lowest BCUT2D eigenvalue weighted by molar-refractivity contribution is 0.131. The van der Waals surface area contributed by atoms with E-state index in [1.54, 1.807) is 12.4 Å². The molecule has 2 aliphatic rings. The average Bonchev–Trinajstić information content (AvgIpc) is 3.26. The van der Waals surface area contributed by atoms with Crippen LogP contribution in [0.5, 0.6) is 0 Å². The summed E-state index contributed by atoms with van der Waals surface area (Å²) in [5.41, 5.74) is 7.48. The van der Waals surface area contributed by atoms with Crippen LogP contribution in [0.3, 0.4) is 0 Å². The number of rotatable bonds is 4. The highest BCUT2D eigenvalue weighted by Gasteiger charge is 2.44. The van der Waals surface area contributed by atoms with Crippen LogP contribution in [0.4, 0.5) is 5.82 Å². The van der Waals surface area contributed by atoms with Gasteiger partial charge in [0.2, 0.25) is 0 Å². The van der Waals surface area contributed by atoms with Crippen LogP contribution in [-0.4, -0.2) is 51.9 Å². The second-order valence-electron chi connectivity index (χ2n) is 9.31. The zero-order valence-corrected chi connectivity index (χ0v) is 21.1. The quantitative estimate of drug-likeness (QED) is 0.432. The maximum absolute atomic E-state index is 13.3. The minimum absolute atomic E-state index is 0.0977. The number of benzene rings is 2. The molecule has 0 radical (unpaired) electrons. The Balaban J connectivity index is 1.22. The maximum Gasteiger partial charge on any atom is 0.267 e. The Bertz CT molecular complexity index is 1460. The minimum Gasteiger partial charge on any atom is -0.379 e. The number of anilines is 1. The number of fused-ring (bicyclic) bond motifs is 1. The number of nitrogens with zero attached hydrogens (tertiary/aromatic N) is 5. The molecule has 4 aromatic rings. The lowest BCUT2D eigenvalue weighted by Gasteiger charge is -2.41. The standard InChI is InChI=1S/C26H25ClN6O2S/c27-24-19(7-6-18-23(24)25(34)33(16-31-18)17-4-2-1-3-5-17)36-22-13-29-21(12-30-22)32-10-8-26(9-11-32)15-35-14-20(26)28/h1-7,12-13,16,20H,8-11,14-15,28H2/t20-/m1/s1. The molecule has 0 amide bonds. The molecule has 6 rings (SSSR count). The van der Waals surface area contributed by atoms with Crippen LogP contribution in [0.15, 0.2) is 75.9 Å². The number of ether oxygens (including phenoxy) is 1. The highest BCUT2D eigenvalue weighted by atomic mass is 35.5. The first-order valence-electron chi connectivity index (χ1n) is 11.9. The molecule has 2 aliphatic heterocycles. The van der Waals surface area contributed by atoms with Gasteiger partial charge in [0.15, 0.2) is 0 Å². The topological polar surface area (TPSA) is 99.2 Å². The molecule has 1 spiro atoms. The molecule has 0 saturated carbocycles. The van der Waals surface area contributed by atoms with Crippen molar-refractivity contribution in [2.75, 3.05) is 31.2 Å². The van der Waals surface area contributed by atoms with E-state index in [2.05, 4.69) is 19.9 Å². The summed E-state index contributed by atoms with van der Waals surface area (Å²) in [6, 6.07) is 13.2. The molecule has 2 aromatic heterocycles. The summed E-state index contributed by atoms with van der Waals surface area (Å²) in [6.45, 7) is 3.17. The summed E-state index contributed by atoms with van der Waals surface area (Å²) in [5.74, 6) is 0.848. The van der Waals surface area contributed by atoms with Gasteiger partial charge in [-0.05, 0) is 37.1 Å². The molecule has 0 aliphatic carbocycles. The second kappa shape index (κ2) is 9.48. The van der Waals surface area contributed by atoms with E-state index in [1.165, 1.54) is 22.7 Å². The van der Waals surface area contributed by atoms with Gasteiger partial charge in [0.05, 0.1) is 47.2 Å². The van der Waals surface area contributed by atoms with E-state index in [0.717, 1.165) is 48.9 Å². The van der Waals surface area contributed by atoms with Crippen molar-refractivity contribution < 1.29 is 4.74 Å². The second-order valence-corrected chi connectivity index (χ2v) is 10.8. The van der Waals surface area contributed by atoms with Crippen LogP contribution in [-0.2, 0) is 4.74 Å². The largest absolute Gasteiger partial charge is 0.379 e. The third-order valence-electron chi connectivity index (χ3n) is 7.25. The zero-order chi connectivity index (χ0) is 24.7. The van der Waals surface area contributed by atoms with Gasteiger partial charge in [-0.2, -0.15) is 0 Å². The van der Waals surface area contributed by atoms with E-state index < -0.39 is 0 Å². The molecule has 0 unspecified atom stereocenters. The Kier molecular flexibility index (Phi) is 6.17. The minimum atomic E-state index is -0.213. The number of hydrogen-bond donors (Lipinski definition) is 1. The Morgan fingerprint density at radius 2 is 1.86 bits per heavy atom. The molecule has 36 heavy (non-hydrogen) atoms. The van der Waals surface area contributed by atoms with Gasteiger partial charge in [0.25, 0.3) is 5.56 Å². The van der Waals surface area contributed by atoms with E-state index in [0.29, 0.717) is 27.6 Å². The van der Waals surface area contributed by atoms with E-state index >= 15 is 0 Å². The fourth-order valence-corrected chi connectivity index (χ4v) is 6.13. The Morgan fingerprint density at radius 1 is 1.06 bits per heavy atom. The lowest BCUT2D eigenvalue weighted by atomic mass is 9.75. The van der Waals surface area contributed by atoms with Crippen molar-refractivity contribution in [1.82, 2.24) is 19.5 Å². The van der Waals surface area contributed by atoms with Gasteiger partial charge in [0, 0.05) is 29.4 Å². The molecule has 2 fully saturated rings. The Hall–Kier alpha value is -2.98. The summed E-state index contributed by atoms with van der Waals surface area (Å²) in [4.78, 5) is 30.0. The molecule has 2 N–H and O–H groups in total. The Labute approximate surface area is 217 Å². The first kappa shape index (κ1) is 23.4. The average molecular weight is 521 g/mol. The Morgan fingerprint density at radius 3 is 2.56 bits per heavy atom. The lowest BCUT2D eigenvalue weighted by Crippen LogP contribution is -2.49. The summed E-state index contributed by atoms with van der Waals surface area (Å²) in [6.07, 6.45) is 7.06. The van der Waals surface area contributed by atoms with Gasteiger partial charge in [0.1, 0.15) is 17.2 Å². The molecule has 8 nitrogen and oxygen atoms in total. The van der Waals surface area contributed by atoms with E-state index in [1.807, 2.05) is 42.5 Å². The monoisotopic (exact) mass is 520 g/mol. The number of aromatic nitrogens is 4. The fourth-order valence-electron chi connectivity index (χ4n) is 5.01. The summed E-state index contributed by atoms with van der Waals surface area (Å²) in [5, 5.41) is 1.45. The first-order chi connectivity index (χ1) is 17.5. The SMILES string of the molecule is N[C@@H]1COCC12CCN(c1cnc(Sc3ccc4ncn(-c5ccccc5)c(=O)c4c3Cl)cn1)CC2. The molecular weight excluding hydrogens is 496 g/mol. The molecular formula is C26H25ClN6O2S. The zero-order valence-electron chi connectivity index (χ0n) is 19.5. The number of nitrogens with two attached hydrogens (primary N) is 1. The molecule has 184 valence electrons.